The first-order valence-electron chi connectivity index (χ1n) is 6.80. The second kappa shape index (κ2) is 6.80. The number of fused-ring (bicyclic) bond motifs is 1. The minimum atomic E-state index is 0. The van der Waals surface area contributed by atoms with Crippen molar-refractivity contribution >= 4 is 24.0 Å². The van der Waals surface area contributed by atoms with Crippen LogP contribution in [0.3, 0.4) is 0 Å². The van der Waals surface area contributed by atoms with Gasteiger partial charge >= 0.3 is 0 Å². The smallest absolute Gasteiger partial charge is 0.223 e. The van der Waals surface area contributed by atoms with E-state index in [9.17, 15) is 4.79 Å². The van der Waals surface area contributed by atoms with Crippen LogP contribution in [0.2, 0.25) is 0 Å². The Kier molecular flexibility index (Phi) is 5.67. The van der Waals surface area contributed by atoms with Gasteiger partial charge in [-0.2, -0.15) is 0 Å². The van der Waals surface area contributed by atoms with Gasteiger partial charge in [0.1, 0.15) is 0 Å². The van der Waals surface area contributed by atoms with E-state index >= 15 is 0 Å². The van der Waals surface area contributed by atoms with Gasteiger partial charge < -0.3 is 11.1 Å². The minimum absolute atomic E-state index is 0. The first kappa shape index (κ1) is 15.8. The third-order valence-electron chi connectivity index (χ3n) is 3.86. The summed E-state index contributed by atoms with van der Waals surface area (Å²) in [6.07, 6.45) is 4.09. The highest BCUT2D eigenvalue weighted by Crippen LogP contribution is 2.31. The van der Waals surface area contributed by atoms with Crippen molar-refractivity contribution < 1.29 is 4.79 Å². The second-order valence-electron chi connectivity index (χ2n) is 5.22. The highest BCUT2D eigenvalue weighted by Gasteiger charge is 2.23. The molecule has 3 N–H and O–H groups in total. The summed E-state index contributed by atoms with van der Waals surface area (Å²) in [5.41, 5.74) is 9.15. The van der Waals surface area contributed by atoms with E-state index in [0.29, 0.717) is 0 Å². The Hall–Kier alpha value is -1.22. The molecule has 0 radical (unpaired) electrons. The molecular formula is C15H23ClN2O. The van der Waals surface area contributed by atoms with Crippen molar-refractivity contribution in [3.8, 4) is 0 Å². The quantitative estimate of drug-likeness (QED) is 0.836. The number of aryl methyl sites for hydroxylation is 1. The summed E-state index contributed by atoms with van der Waals surface area (Å²) in [5, 5.41) is 3.17. The SMILES string of the molecule is CCC(C)C(=O)NC1CCCc2cc(N)ccc21.Cl. The van der Waals surface area contributed by atoms with Gasteiger partial charge in [-0.25, -0.2) is 0 Å². The molecule has 1 aliphatic carbocycles. The molecule has 0 saturated heterocycles. The van der Waals surface area contributed by atoms with Crippen LogP contribution in [0.1, 0.15) is 50.3 Å². The minimum Gasteiger partial charge on any atom is -0.399 e. The Morgan fingerprint density at radius 3 is 2.95 bits per heavy atom. The van der Waals surface area contributed by atoms with Crippen molar-refractivity contribution in [2.75, 3.05) is 5.73 Å². The number of halogens is 1. The lowest BCUT2D eigenvalue weighted by Crippen LogP contribution is -2.34. The van der Waals surface area contributed by atoms with Gasteiger partial charge in [0.2, 0.25) is 5.91 Å². The van der Waals surface area contributed by atoms with Crippen molar-refractivity contribution in [1.82, 2.24) is 5.32 Å². The molecule has 2 atom stereocenters. The molecule has 0 aliphatic heterocycles. The summed E-state index contributed by atoms with van der Waals surface area (Å²) >= 11 is 0. The van der Waals surface area contributed by atoms with Gasteiger partial charge in [0.05, 0.1) is 6.04 Å². The maximum absolute atomic E-state index is 12.0. The van der Waals surface area contributed by atoms with Crippen LogP contribution >= 0.6 is 12.4 Å². The molecule has 1 amide bonds. The molecule has 2 rings (SSSR count). The van der Waals surface area contributed by atoms with Gasteiger partial charge in [-0.1, -0.05) is 19.9 Å². The van der Waals surface area contributed by atoms with Gasteiger partial charge in [-0.05, 0) is 48.9 Å². The molecule has 4 heteroatoms. The van der Waals surface area contributed by atoms with Crippen molar-refractivity contribution in [2.45, 2.75) is 45.6 Å². The van der Waals surface area contributed by atoms with E-state index in [4.69, 9.17) is 5.73 Å². The molecule has 0 aromatic heterocycles. The number of nitrogen functional groups attached to an aromatic ring is 1. The summed E-state index contributed by atoms with van der Waals surface area (Å²) in [6, 6.07) is 6.19. The Labute approximate surface area is 121 Å². The van der Waals surface area contributed by atoms with Crippen molar-refractivity contribution in [2.24, 2.45) is 5.92 Å². The molecule has 1 aromatic carbocycles. The van der Waals surface area contributed by atoms with E-state index in [0.717, 1.165) is 31.4 Å². The zero-order valence-electron chi connectivity index (χ0n) is 11.6. The van der Waals surface area contributed by atoms with Crippen LogP contribution in [0.15, 0.2) is 18.2 Å². The van der Waals surface area contributed by atoms with E-state index in [1.54, 1.807) is 0 Å². The summed E-state index contributed by atoms with van der Waals surface area (Å²) in [4.78, 5) is 12.0. The van der Waals surface area contributed by atoms with Gasteiger partial charge in [-0.15, -0.1) is 12.4 Å². The molecule has 3 nitrogen and oxygen atoms in total. The normalized spacial score (nSPS) is 18.9. The fourth-order valence-electron chi connectivity index (χ4n) is 2.48. The van der Waals surface area contributed by atoms with E-state index in [1.165, 1.54) is 11.1 Å². The van der Waals surface area contributed by atoms with Gasteiger partial charge in [0.15, 0.2) is 0 Å². The van der Waals surface area contributed by atoms with Crippen LogP contribution in [0.25, 0.3) is 0 Å². The molecule has 2 unspecified atom stereocenters. The fourth-order valence-corrected chi connectivity index (χ4v) is 2.48. The van der Waals surface area contributed by atoms with Crippen LogP contribution in [-0.2, 0) is 11.2 Å². The van der Waals surface area contributed by atoms with Crippen LogP contribution in [-0.4, -0.2) is 5.91 Å². The number of rotatable bonds is 3. The van der Waals surface area contributed by atoms with Crippen molar-refractivity contribution in [3.05, 3.63) is 29.3 Å². The lowest BCUT2D eigenvalue weighted by atomic mass is 9.87. The van der Waals surface area contributed by atoms with Crippen LogP contribution in [0, 0.1) is 5.92 Å². The zero-order chi connectivity index (χ0) is 13.1. The average molecular weight is 283 g/mol. The predicted molar refractivity (Wildman–Crippen MR) is 81.4 cm³/mol. The third kappa shape index (κ3) is 3.63. The van der Waals surface area contributed by atoms with Crippen LogP contribution in [0.5, 0.6) is 0 Å². The number of carbonyl (C=O) groups excluding carboxylic acids is 1. The molecule has 0 bridgehead atoms. The summed E-state index contributed by atoms with van der Waals surface area (Å²) in [6.45, 7) is 4.02. The lowest BCUT2D eigenvalue weighted by molar-refractivity contribution is -0.125. The van der Waals surface area contributed by atoms with Crippen LogP contribution in [0.4, 0.5) is 5.69 Å². The van der Waals surface area contributed by atoms with Gasteiger partial charge in [-0.3, -0.25) is 4.79 Å². The molecule has 0 fully saturated rings. The van der Waals surface area contributed by atoms with E-state index in [1.807, 2.05) is 26.0 Å². The highest BCUT2D eigenvalue weighted by atomic mass is 35.5. The van der Waals surface area contributed by atoms with E-state index in [-0.39, 0.29) is 30.3 Å². The second-order valence-corrected chi connectivity index (χ2v) is 5.22. The highest BCUT2D eigenvalue weighted by molar-refractivity contribution is 5.85. The summed E-state index contributed by atoms with van der Waals surface area (Å²) in [7, 11) is 0. The molecular weight excluding hydrogens is 260 g/mol. The first-order valence-corrected chi connectivity index (χ1v) is 6.80. The number of hydrogen-bond donors (Lipinski definition) is 2. The summed E-state index contributed by atoms with van der Waals surface area (Å²) < 4.78 is 0. The number of benzene rings is 1. The Balaban J connectivity index is 0.00000180. The summed E-state index contributed by atoms with van der Waals surface area (Å²) in [5.74, 6) is 0.247. The number of carbonyl (C=O) groups is 1. The number of anilines is 1. The van der Waals surface area contributed by atoms with Gasteiger partial charge in [0, 0.05) is 11.6 Å². The first-order chi connectivity index (χ1) is 8.61. The number of amides is 1. The molecule has 0 spiro atoms. The maximum Gasteiger partial charge on any atom is 0.223 e. The van der Waals surface area contributed by atoms with Crippen molar-refractivity contribution in [3.63, 3.8) is 0 Å². The Bertz CT molecular complexity index is 448. The lowest BCUT2D eigenvalue weighted by Gasteiger charge is -2.27. The topological polar surface area (TPSA) is 55.1 Å². The number of nitrogens with two attached hydrogens (primary N) is 1. The monoisotopic (exact) mass is 282 g/mol. The van der Waals surface area contributed by atoms with Gasteiger partial charge in [0.25, 0.3) is 0 Å². The molecule has 0 saturated carbocycles. The zero-order valence-corrected chi connectivity index (χ0v) is 12.4. The standard InChI is InChI=1S/C15H22N2O.ClH/c1-3-10(2)15(18)17-14-6-4-5-11-9-12(16)7-8-13(11)14;/h7-10,14H,3-6,16H2,1-2H3,(H,17,18);1H. The number of nitrogens with one attached hydrogen (secondary N) is 1. The van der Waals surface area contributed by atoms with E-state index < -0.39 is 0 Å². The van der Waals surface area contributed by atoms with E-state index in [2.05, 4.69) is 11.4 Å². The molecule has 1 aromatic rings. The molecule has 0 heterocycles. The predicted octanol–water partition coefficient (Wildman–Crippen LogP) is 3.23. The largest absolute Gasteiger partial charge is 0.399 e. The molecule has 106 valence electrons. The fraction of sp³-hybridized carbons (Fsp3) is 0.533. The van der Waals surface area contributed by atoms with Crippen molar-refractivity contribution in [1.29, 1.82) is 0 Å². The third-order valence-corrected chi connectivity index (χ3v) is 3.86. The number of hydrogen-bond acceptors (Lipinski definition) is 2. The molecule has 1 aliphatic rings. The average Bonchev–Trinajstić information content (AvgIpc) is 2.37. The molecule has 19 heavy (non-hydrogen) atoms. The Morgan fingerprint density at radius 2 is 2.26 bits per heavy atom. The Morgan fingerprint density at radius 1 is 1.53 bits per heavy atom. The maximum atomic E-state index is 12.0. The van der Waals surface area contributed by atoms with Crippen LogP contribution < -0.4 is 11.1 Å².